The third-order valence-corrected chi connectivity index (χ3v) is 3.47. The number of aromatic nitrogens is 1. The van der Waals surface area contributed by atoms with E-state index in [4.69, 9.17) is 22.1 Å². The molecule has 0 aliphatic carbocycles. The Morgan fingerprint density at radius 3 is 2.67 bits per heavy atom. The molecule has 3 nitrogen and oxygen atoms in total. The van der Waals surface area contributed by atoms with Gasteiger partial charge in [0.15, 0.2) is 0 Å². The lowest BCUT2D eigenvalue weighted by atomic mass is 10.0. The van der Waals surface area contributed by atoms with Crippen molar-refractivity contribution in [1.29, 1.82) is 0 Å². The van der Waals surface area contributed by atoms with Crippen molar-refractivity contribution in [2.75, 3.05) is 13.7 Å². The zero-order chi connectivity index (χ0) is 13.3. The minimum atomic E-state index is 0.456. The van der Waals surface area contributed by atoms with Gasteiger partial charge in [-0.2, -0.15) is 0 Å². The van der Waals surface area contributed by atoms with Gasteiger partial charge in [-0.15, -0.1) is 0 Å². The summed E-state index contributed by atoms with van der Waals surface area (Å²) in [6, 6.07) is 3.97. The Morgan fingerprint density at radius 2 is 2.11 bits per heavy atom. The maximum absolute atomic E-state index is 6.19. The average Bonchev–Trinajstić information content (AvgIpc) is 2.67. The molecule has 0 saturated carbocycles. The van der Waals surface area contributed by atoms with Crippen molar-refractivity contribution < 1.29 is 4.74 Å². The van der Waals surface area contributed by atoms with E-state index in [-0.39, 0.29) is 0 Å². The minimum Gasteiger partial charge on any atom is -0.495 e. The third kappa shape index (κ3) is 2.20. The number of nitrogens with two attached hydrogens (primary N) is 1. The topological polar surface area (TPSA) is 40.2 Å². The molecule has 2 aromatic rings. The quantitative estimate of drug-likeness (QED) is 0.922. The van der Waals surface area contributed by atoms with Crippen LogP contribution >= 0.6 is 11.6 Å². The Kier molecular flexibility index (Phi) is 3.83. The summed E-state index contributed by atoms with van der Waals surface area (Å²) in [7, 11) is 1.64. The summed E-state index contributed by atoms with van der Waals surface area (Å²) < 4.78 is 7.45. The van der Waals surface area contributed by atoms with Crippen molar-refractivity contribution in [3.63, 3.8) is 0 Å². The van der Waals surface area contributed by atoms with Gasteiger partial charge in [0.2, 0.25) is 0 Å². The van der Waals surface area contributed by atoms with Crippen LogP contribution in [0.15, 0.2) is 18.3 Å². The van der Waals surface area contributed by atoms with E-state index in [9.17, 15) is 0 Å². The van der Waals surface area contributed by atoms with Gasteiger partial charge in [0.25, 0.3) is 0 Å². The van der Waals surface area contributed by atoms with Crippen LogP contribution in [0.1, 0.15) is 25.3 Å². The highest BCUT2D eigenvalue weighted by Gasteiger charge is 2.14. The largest absolute Gasteiger partial charge is 0.495 e. The first-order chi connectivity index (χ1) is 8.58. The molecule has 0 aliphatic rings. The van der Waals surface area contributed by atoms with Crippen molar-refractivity contribution in [3.8, 4) is 5.75 Å². The summed E-state index contributed by atoms with van der Waals surface area (Å²) in [6.45, 7) is 5.78. The van der Waals surface area contributed by atoms with E-state index >= 15 is 0 Å². The van der Waals surface area contributed by atoms with Gasteiger partial charge < -0.3 is 15.0 Å². The first-order valence-corrected chi connectivity index (χ1v) is 6.52. The molecule has 0 aliphatic heterocycles. The van der Waals surface area contributed by atoms with E-state index in [0.29, 0.717) is 17.5 Å². The smallest absolute Gasteiger partial charge is 0.138 e. The molecule has 0 unspecified atom stereocenters. The van der Waals surface area contributed by atoms with E-state index in [1.165, 1.54) is 10.9 Å². The molecule has 1 aromatic heterocycles. The summed E-state index contributed by atoms with van der Waals surface area (Å²) in [6.07, 6.45) is 2.16. The molecular formula is C14H19ClN2O. The standard InChI is InChI=1S/C14H19ClN2O/c1-9(2)11-8-17(5-4-16)13-7-12(15)14(18-3)6-10(11)13/h6-9H,4-5,16H2,1-3H3. The third-order valence-electron chi connectivity index (χ3n) is 3.18. The molecule has 18 heavy (non-hydrogen) atoms. The molecule has 2 N–H and O–H groups in total. The number of ether oxygens (including phenoxy) is 1. The normalized spacial score (nSPS) is 11.4. The summed E-state index contributed by atoms with van der Waals surface area (Å²) in [5, 5.41) is 1.83. The van der Waals surface area contributed by atoms with E-state index < -0.39 is 0 Å². The predicted molar refractivity (Wildman–Crippen MR) is 76.6 cm³/mol. The number of benzene rings is 1. The van der Waals surface area contributed by atoms with Crippen LogP contribution in [-0.2, 0) is 6.54 Å². The van der Waals surface area contributed by atoms with Crippen molar-refractivity contribution >= 4 is 22.5 Å². The molecule has 0 fully saturated rings. The Bertz CT molecular complexity index is 560. The van der Waals surface area contributed by atoms with Crippen LogP contribution in [0.3, 0.4) is 0 Å². The van der Waals surface area contributed by atoms with Gasteiger partial charge in [0, 0.05) is 24.7 Å². The first-order valence-electron chi connectivity index (χ1n) is 6.14. The average molecular weight is 267 g/mol. The van der Waals surface area contributed by atoms with Crippen LogP contribution in [0.4, 0.5) is 0 Å². The van der Waals surface area contributed by atoms with Crippen molar-refractivity contribution in [2.24, 2.45) is 5.73 Å². The van der Waals surface area contributed by atoms with Gasteiger partial charge in [-0.1, -0.05) is 25.4 Å². The van der Waals surface area contributed by atoms with Crippen LogP contribution < -0.4 is 10.5 Å². The molecular weight excluding hydrogens is 248 g/mol. The second-order valence-electron chi connectivity index (χ2n) is 4.73. The molecule has 0 saturated heterocycles. The van der Waals surface area contributed by atoms with Gasteiger partial charge >= 0.3 is 0 Å². The van der Waals surface area contributed by atoms with E-state index in [1.54, 1.807) is 7.11 Å². The first kappa shape index (κ1) is 13.2. The summed E-state index contributed by atoms with van der Waals surface area (Å²) in [4.78, 5) is 0. The second-order valence-corrected chi connectivity index (χ2v) is 5.13. The zero-order valence-corrected chi connectivity index (χ0v) is 11.8. The molecule has 1 heterocycles. The number of rotatable bonds is 4. The maximum Gasteiger partial charge on any atom is 0.138 e. The number of hydrogen-bond donors (Lipinski definition) is 1. The molecule has 2 rings (SSSR count). The lowest BCUT2D eigenvalue weighted by molar-refractivity contribution is 0.415. The number of halogens is 1. The van der Waals surface area contributed by atoms with Crippen LogP contribution in [0.25, 0.3) is 10.9 Å². The monoisotopic (exact) mass is 266 g/mol. The summed E-state index contributed by atoms with van der Waals surface area (Å²) >= 11 is 6.19. The van der Waals surface area contributed by atoms with Crippen molar-refractivity contribution in [2.45, 2.75) is 26.3 Å². The molecule has 0 bridgehead atoms. The molecule has 0 radical (unpaired) electrons. The number of methoxy groups -OCH3 is 1. The summed E-state index contributed by atoms with van der Waals surface area (Å²) in [5.74, 6) is 1.17. The minimum absolute atomic E-state index is 0.456. The lowest BCUT2D eigenvalue weighted by Gasteiger charge is -2.07. The fourth-order valence-corrected chi connectivity index (χ4v) is 2.49. The van der Waals surface area contributed by atoms with Crippen LogP contribution in [-0.4, -0.2) is 18.2 Å². The Labute approximate surface area is 112 Å². The Hall–Kier alpha value is -1.19. The molecule has 0 amide bonds. The fourth-order valence-electron chi connectivity index (χ4n) is 2.26. The zero-order valence-electron chi connectivity index (χ0n) is 11.0. The van der Waals surface area contributed by atoms with Crippen LogP contribution in [0.5, 0.6) is 5.75 Å². The van der Waals surface area contributed by atoms with Gasteiger partial charge in [-0.05, 0) is 23.6 Å². The number of fused-ring (bicyclic) bond motifs is 1. The van der Waals surface area contributed by atoms with E-state index in [0.717, 1.165) is 17.8 Å². The van der Waals surface area contributed by atoms with E-state index in [1.807, 2.05) is 12.1 Å². The van der Waals surface area contributed by atoms with Crippen LogP contribution in [0, 0.1) is 0 Å². The summed E-state index contributed by atoms with van der Waals surface area (Å²) in [5.41, 5.74) is 8.07. The number of hydrogen-bond acceptors (Lipinski definition) is 2. The molecule has 0 atom stereocenters. The molecule has 1 aromatic carbocycles. The van der Waals surface area contributed by atoms with Crippen LogP contribution in [0.2, 0.25) is 5.02 Å². The molecule has 98 valence electrons. The molecule has 0 spiro atoms. The highest BCUT2D eigenvalue weighted by Crippen LogP contribution is 2.35. The van der Waals surface area contributed by atoms with Crippen molar-refractivity contribution in [3.05, 3.63) is 28.9 Å². The highest BCUT2D eigenvalue weighted by atomic mass is 35.5. The van der Waals surface area contributed by atoms with Crippen molar-refractivity contribution in [1.82, 2.24) is 4.57 Å². The lowest BCUT2D eigenvalue weighted by Crippen LogP contribution is -2.08. The maximum atomic E-state index is 6.19. The second kappa shape index (κ2) is 5.21. The highest BCUT2D eigenvalue weighted by molar-refractivity contribution is 6.32. The predicted octanol–water partition coefficient (Wildman–Crippen LogP) is 3.39. The van der Waals surface area contributed by atoms with Gasteiger partial charge in [-0.3, -0.25) is 0 Å². The number of nitrogens with zero attached hydrogens (tertiary/aromatic N) is 1. The SMILES string of the molecule is COc1cc2c(C(C)C)cn(CCN)c2cc1Cl. The Morgan fingerprint density at radius 1 is 1.39 bits per heavy atom. The molecule has 4 heteroatoms. The van der Waals surface area contributed by atoms with E-state index in [2.05, 4.69) is 24.6 Å². The van der Waals surface area contributed by atoms with Gasteiger partial charge in [0.05, 0.1) is 17.6 Å². The fraction of sp³-hybridized carbons (Fsp3) is 0.429. The Balaban J connectivity index is 2.70. The van der Waals surface area contributed by atoms with Gasteiger partial charge in [0.1, 0.15) is 5.75 Å². The van der Waals surface area contributed by atoms with Gasteiger partial charge in [-0.25, -0.2) is 0 Å².